The zero-order chi connectivity index (χ0) is 8.15. The van der Waals surface area contributed by atoms with E-state index in [-0.39, 0.29) is 11.9 Å². The van der Waals surface area contributed by atoms with Gasteiger partial charge in [-0.2, -0.15) is 0 Å². The third-order valence-electron chi connectivity index (χ3n) is 0.936. The molecular formula is C7H15NO2. The maximum absolute atomic E-state index is 10.8. The largest absolute Gasteiger partial charge is 0.449 e. The fourth-order valence-electron chi connectivity index (χ4n) is 0.359. The van der Waals surface area contributed by atoms with E-state index in [1.807, 2.05) is 27.9 Å². The predicted octanol–water partition coefficient (Wildman–Crippen LogP) is 0.705. The predicted molar refractivity (Wildman–Crippen MR) is 39.5 cm³/mol. The van der Waals surface area contributed by atoms with Gasteiger partial charge < -0.3 is 4.74 Å². The van der Waals surface area contributed by atoms with Crippen LogP contribution in [0, 0.1) is 5.92 Å². The Morgan fingerprint density at radius 3 is 2.30 bits per heavy atom. The van der Waals surface area contributed by atoms with Crippen molar-refractivity contribution in [1.29, 1.82) is 0 Å². The Labute approximate surface area is 62.0 Å². The summed E-state index contributed by atoms with van der Waals surface area (Å²) in [6, 6.07) is 0. The molecule has 0 aliphatic carbocycles. The monoisotopic (exact) mass is 145 g/mol. The molecule has 0 rings (SSSR count). The van der Waals surface area contributed by atoms with Gasteiger partial charge in [-0.3, -0.25) is 9.69 Å². The van der Waals surface area contributed by atoms with E-state index in [2.05, 4.69) is 0 Å². The number of nitrogens with zero attached hydrogens (tertiary/aromatic N) is 1. The molecule has 3 heteroatoms. The molecular weight excluding hydrogens is 130 g/mol. The highest BCUT2D eigenvalue weighted by Gasteiger charge is 2.07. The van der Waals surface area contributed by atoms with Crippen molar-refractivity contribution in [3.05, 3.63) is 0 Å². The first-order valence-corrected chi connectivity index (χ1v) is 3.35. The van der Waals surface area contributed by atoms with Crippen LogP contribution in [0.2, 0.25) is 0 Å². The smallest absolute Gasteiger partial charge is 0.309 e. The molecule has 0 N–H and O–H groups in total. The minimum Gasteiger partial charge on any atom is -0.449 e. The lowest BCUT2D eigenvalue weighted by atomic mass is 10.2. The van der Waals surface area contributed by atoms with Crippen LogP contribution in [0.3, 0.4) is 0 Å². The maximum atomic E-state index is 10.8. The Morgan fingerprint density at radius 1 is 1.50 bits per heavy atom. The van der Waals surface area contributed by atoms with Crippen molar-refractivity contribution in [2.45, 2.75) is 13.8 Å². The van der Waals surface area contributed by atoms with Crippen LogP contribution in [0.1, 0.15) is 13.8 Å². The zero-order valence-corrected chi connectivity index (χ0v) is 7.05. The molecule has 0 aliphatic rings. The average molecular weight is 145 g/mol. The number of rotatable bonds is 3. The summed E-state index contributed by atoms with van der Waals surface area (Å²) in [5.74, 6) is -0.173. The first kappa shape index (κ1) is 9.43. The topological polar surface area (TPSA) is 29.5 Å². The van der Waals surface area contributed by atoms with E-state index >= 15 is 0 Å². The van der Waals surface area contributed by atoms with Crippen LogP contribution < -0.4 is 0 Å². The number of hydrogen-bond donors (Lipinski definition) is 0. The van der Waals surface area contributed by atoms with E-state index < -0.39 is 0 Å². The summed E-state index contributed by atoms with van der Waals surface area (Å²) in [6.45, 7) is 4.01. The molecule has 0 bridgehead atoms. The molecule has 0 radical (unpaired) electrons. The van der Waals surface area contributed by atoms with Crippen molar-refractivity contribution in [3.8, 4) is 0 Å². The van der Waals surface area contributed by atoms with Gasteiger partial charge in [0, 0.05) is 0 Å². The molecule has 3 nitrogen and oxygen atoms in total. The molecule has 0 aromatic rings. The minimum atomic E-state index is -0.145. The standard InChI is InChI=1S/C7H15NO2/c1-6(2)7(9)10-5-8(3)4/h6H,5H2,1-4H3. The van der Waals surface area contributed by atoms with Crippen LogP contribution in [-0.2, 0) is 9.53 Å². The van der Waals surface area contributed by atoms with Crippen LogP contribution in [0.15, 0.2) is 0 Å². The molecule has 0 heterocycles. The average Bonchev–Trinajstić information content (AvgIpc) is 1.82. The molecule has 0 aromatic heterocycles. The van der Waals surface area contributed by atoms with Crippen LogP contribution in [0.4, 0.5) is 0 Å². The zero-order valence-electron chi connectivity index (χ0n) is 7.05. The minimum absolute atomic E-state index is 0.0278. The quantitative estimate of drug-likeness (QED) is 0.432. The summed E-state index contributed by atoms with van der Waals surface area (Å²) in [7, 11) is 3.71. The highest BCUT2D eigenvalue weighted by Crippen LogP contribution is 1.95. The third-order valence-corrected chi connectivity index (χ3v) is 0.936. The number of carbonyl (C=O) groups excluding carboxylic acids is 1. The van der Waals surface area contributed by atoms with Crippen LogP contribution >= 0.6 is 0 Å². The molecule has 10 heavy (non-hydrogen) atoms. The van der Waals surface area contributed by atoms with Gasteiger partial charge in [0.2, 0.25) is 0 Å². The van der Waals surface area contributed by atoms with Crippen LogP contribution in [0.5, 0.6) is 0 Å². The lowest BCUT2D eigenvalue weighted by molar-refractivity contribution is -0.151. The van der Waals surface area contributed by atoms with E-state index in [1.165, 1.54) is 0 Å². The Bertz CT molecular complexity index is 110. The SMILES string of the molecule is CC(C)C(=O)OCN(C)C. The lowest BCUT2D eigenvalue weighted by Crippen LogP contribution is -2.21. The van der Waals surface area contributed by atoms with Gasteiger partial charge in [0.15, 0.2) is 0 Å². The van der Waals surface area contributed by atoms with Gasteiger partial charge in [-0.05, 0) is 14.1 Å². The van der Waals surface area contributed by atoms with Gasteiger partial charge in [-0.15, -0.1) is 0 Å². The summed E-state index contributed by atoms with van der Waals surface area (Å²) < 4.78 is 4.85. The van der Waals surface area contributed by atoms with E-state index in [0.29, 0.717) is 6.73 Å². The number of ether oxygens (including phenoxy) is 1. The van der Waals surface area contributed by atoms with Gasteiger partial charge in [0.05, 0.1) is 5.92 Å². The molecule has 0 fully saturated rings. The molecule has 0 saturated heterocycles. The highest BCUT2D eigenvalue weighted by molar-refractivity contribution is 5.71. The fourth-order valence-corrected chi connectivity index (χ4v) is 0.359. The van der Waals surface area contributed by atoms with Crippen LogP contribution in [-0.4, -0.2) is 31.7 Å². The van der Waals surface area contributed by atoms with Crippen molar-refractivity contribution in [3.63, 3.8) is 0 Å². The maximum Gasteiger partial charge on any atom is 0.309 e. The fraction of sp³-hybridized carbons (Fsp3) is 0.857. The van der Waals surface area contributed by atoms with Crippen molar-refractivity contribution >= 4 is 5.97 Å². The summed E-state index contributed by atoms with van der Waals surface area (Å²) in [5.41, 5.74) is 0. The molecule has 60 valence electrons. The second-order valence-electron chi connectivity index (χ2n) is 2.83. The van der Waals surface area contributed by atoms with Crippen molar-refractivity contribution in [2.75, 3.05) is 20.8 Å². The normalized spacial score (nSPS) is 10.6. The second kappa shape index (κ2) is 4.28. The number of esters is 1. The van der Waals surface area contributed by atoms with Crippen molar-refractivity contribution in [1.82, 2.24) is 4.90 Å². The Morgan fingerprint density at radius 2 is 2.00 bits per heavy atom. The Kier molecular flexibility index (Phi) is 4.03. The molecule has 0 atom stereocenters. The van der Waals surface area contributed by atoms with Gasteiger partial charge in [-0.25, -0.2) is 0 Å². The first-order chi connectivity index (χ1) is 4.54. The third kappa shape index (κ3) is 4.32. The van der Waals surface area contributed by atoms with Gasteiger partial charge in [-0.1, -0.05) is 13.8 Å². The van der Waals surface area contributed by atoms with Crippen molar-refractivity contribution in [2.24, 2.45) is 5.92 Å². The van der Waals surface area contributed by atoms with E-state index in [4.69, 9.17) is 4.74 Å². The first-order valence-electron chi connectivity index (χ1n) is 3.35. The molecule has 0 amide bonds. The van der Waals surface area contributed by atoms with Gasteiger partial charge >= 0.3 is 5.97 Å². The van der Waals surface area contributed by atoms with E-state index in [1.54, 1.807) is 4.90 Å². The number of carbonyl (C=O) groups is 1. The second-order valence-corrected chi connectivity index (χ2v) is 2.83. The van der Waals surface area contributed by atoms with Crippen LogP contribution in [0.25, 0.3) is 0 Å². The molecule has 0 saturated carbocycles. The number of hydrogen-bond acceptors (Lipinski definition) is 3. The van der Waals surface area contributed by atoms with Gasteiger partial charge in [0.1, 0.15) is 6.73 Å². The Hall–Kier alpha value is -0.570. The summed E-state index contributed by atoms with van der Waals surface area (Å²) in [5, 5.41) is 0. The summed E-state index contributed by atoms with van der Waals surface area (Å²) >= 11 is 0. The molecule has 0 spiro atoms. The van der Waals surface area contributed by atoms with E-state index in [0.717, 1.165) is 0 Å². The van der Waals surface area contributed by atoms with E-state index in [9.17, 15) is 4.79 Å². The highest BCUT2D eigenvalue weighted by atomic mass is 16.5. The summed E-state index contributed by atoms with van der Waals surface area (Å²) in [6.07, 6.45) is 0. The molecule has 0 unspecified atom stereocenters. The molecule has 0 aromatic carbocycles. The summed E-state index contributed by atoms with van der Waals surface area (Å²) in [4.78, 5) is 12.6. The molecule has 0 aliphatic heterocycles. The van der Waals surface area contributed by atoms with Gasteiger partial charge in [0.25, 0.3) is 0 Å². The lowest BCUT2D eigenvalue weighted by Gasteiger charge is -2.11. The van der Waals surface area contributed by atoms with Crippen molar-refractivity contribution < 1.29 is 9.53 Å². The Balaban J connectivity index is 3.40.